The fourth-order valence-electron chi connectivity index (χ4n) is 14.9. The molecule has 0 aromatic heterocycles. The van der Waals surface area contributed by atoms with Crippen LogP contribution in [0.1, 0.15) is 127 Å². The fraction of sp³-hybridized carbons (Fsp3) is 0.862. The number of aliphatic hydroxyl groups excluding tert-OH is 5. The van der Waals surface area contributed by atoms with Crippen LogP contribution in [0.5, 0.6) is 0 Å². The van der Waals surface area contributed by atoms with Gasteiger partial charge in [0.2, 0.25) is 0 Å². The molecule has 4 saturated heterocycles. The summed E-state index contributed by atoms with van der Waals surface area (Å²) >= 11 is 0. The number of carbonyl (C=O) groups excluding carboxylic acids is 2. The zero-order valence-corrected chi connectivity index (χ0v) is 48.5. The van der Waals surface area contributed by atoms with Crippen LogP contribution in [0.15, 0.2) is 34.9 Å². The van der Waals surface area contributed by atoms with Crippen molar-refractivity contribution in [1.29, 1.82) is 0 Å². The van der Waals surface area contributed by atoms with Gasteiger partial charge in [0.25, 0.3) is 0 Å². The van der Waals surface area contributed by atoms with Gasteiger partial charge in [0.1, 0.15) is 67.1 Å². The lowest BCUT2D eigenvalue weighted by molar-refractivity contribution is -0.373. The highest BCUT2D eigenvalue weighted by Gasteiger charge is 2.72. The molecule has 0 radical (unpaired) electrons. The summed E-state index contributed by atoms with van der Waals surface area (Å²) in [6.07, 6.45) is -8.06. The van der Waals surface area contributed by atoms with E-state index in [1.165, 1.54) is 12.7 Å². The normalized spacial score (nSPS) is 48.0. The van der Waals surface area contributed by atoms with Crippen molar-refractivity contribution in [2.24, 2.45) is 28.6 Å². The van der Waals surface area contributed by atoms with Crippen molar-refractivity contribution in [3.63, 3.8) is 0 Å². The Balaban J connectivity index is 0.878. The minimum absolute atomic E-state index is 0.0192. The molecule has 7 fully saturated rings. The summed E-state index contributed by atoms with van der Waals surface area (Å²) in [5.74, 6) is -1.11. The second-order valence-electron chi connectivity index (χ2n) is 24.1. The van der Waals surface area contributed by atoms with E-state index in [-0.39, 0.29) is 41.7 Å². The lowest BCUT2D eigenvalue weighted by Gasteiger charge is -2.63. The molecule has 4 aliphatic carbocycles. The molecule has 0 aromatic rings. The minimum atomic E-state index is -1.67. The molecule has 27 atom stereocenters. The Morgan fingerprint density at radius 3 is 1.89 bits per heavy atom. The molecule has 4 heterocycles. The minimum Gasteiger partial charge on any atom is -0.459 e. The first-order chi connectivity index (χ1) is 37.4. The van der Waals surface area contributed by atoms with Crippen LogP contribution in [0, 0.1) is 28.6 Å². The number of fused-ring (bicyclic) bond motifs is 5. The average molecular weight is 1130 g/mol. The Hall–Kier alpha value is -2.52. The highest BCUT2D eigenvalue weighted by atomic mass is 16.8. The Morgan fingerprint density at radius 1 is 0.696 bits per heavy atom. The van der Waals surface area contributed by atoms with E-state index in [0.29, 0.717) is 49.7 Å². The van der Waals surface area contributed by atoms with E-state index >= 15 is 0 Å². The Labute approximate surface area is 465 Å². The van der Waals surface area contributed by atoms with Gasteiger partial charge in [0, 0.05) is 56.7 Å². The van der Waals surface area contributed by atoms with Crippen LogP contribution in [0.3, 0.4) is 0 Å². The lowest BCUT2D eigenvalue weighted by Crippen LogP contribution is -2.67. The van der Waals surface area contributed by atoms with Gasteiger partial charge in [-0.05, 0) is 118 Å². The zero-order chi connectivity index (χ0) is 57.6. The Kier molecular flexibility index (Phi) is 20.1. The van der Waals surface area contributed by atoms with E-state index in [2.05, 4.69) is 19.9 Å². The highest BCUT2D eigenvalue weighted by Crippen LogP contribution is 2.69. The van der Waals surface area contributed by atoms with Gasteiger partial charge in [-0.3, -0.25) is 0 Å². The SMILES string of the molecule is C/C=C(\C)C(=O)OC(C)[C@H]1CC[C@]2(O)[C@@H]3CC=C4C[C@@H](O[C@H]5C[C@H](OC)[C@@H](O[C@H]6C[C@H](OC)[C@@H](O[C@@H]7O[C@H](C)[C@@H](O[C@@H]8O[C@H](CO)[C@@H](O)[C@H](O)[C@H]8O)[C@H](OC)[C@H]7O)[C@@H](C)O6)[C@@H](C)O5)CC[C@]4(C)[C@H]3C[C@@H](OC(=O)/C(C)=C/C)[C@]12C. The molecule has 0 amide bonds. The van der Waals surface area contributed by atoms with E-state index in [1.54, 1.807) is 54.1 Å². The second kappa shape index (κ2) is 25.4. The van der Waals surface area contributed by atoms with Gasteiger partial charge in [-0.2, -0.15) is 0 Å². The van der Waals surface area contributed by atoms with Crippen molar-refractivity contribution in [2.75, 3.05) is 27.9 Å². The molecule has 4 aliphatic heterocycles. The van der Waals surface area contributed by atoms with Crippen molar-refractivity contribution >= 4 is 11.9 Å². The predicted molar refractivity (Wildman–Crippen MR) is 280 cm³/mol. The maximum absolute atomic E-state index is 13.7. The largest absolute Gasteiger partial charge is 0.459 e. The fourth-order valence-corrected chi connectivity index (χ4v) is 14.9. The number of carbonyl (C=O) groups is 2. The highest BCUT2D eigenvalue weighted by molar-refractivity contribution is 5.88. The van der Waals surface area contributed by atoms with Gasteiger partial charge in [-0.15, -0.1) is 0 Å². The monoisotopic (exact) mass is 1120 g/mol. The molecule has 3 saturated carbocycles. The van der Waals surface area contributed by atoms with E-state index in [1.807, 2.05) is 27.7 Å². The summed E-state index contributed by atoms with van der Waals surface area (Å²) in [7, 11) is 4.56. The smallest absolute Gasteiger partial charge is 0.333 e. The molecule has 6 N–H and O–H groups in total. The Bertz CT molecular complexity index is 2190. The maximum Gasteiger partial charge on any atom is 0.333 e. The first-order valence-electron chi connectivity index (χ1n) is 28.7. The van der Waals surface area contributed by atoms with Crippen LogP contribution in [-0.2, 0) is 71.2 Å². The summed E-state index contributed by atoms with van der Waals surface area (Å²) in [4.78, 5) is 26.7. The number of esters is 2. The van der Waals surface area contributed by atoms with Gasteiger partial charge < -0.3 is 92.2 Å². The molecule has 0 aromatic carbocycles. The summed E-state index contributed by atoms with van der Waals surface area (Å²) < 4.78 is 80.8. The molecule has 0 spiro atoms. The van der Waals surface area contributed by atoms with Crippen LogP contribution in [0.4, 0.5) is 0 Å². The van der Waals surface area contributed by atoms with Crippen molar-refractivity contribution in [2.45, 2.75) is 262 Å². The zero-order valence-electron chi connectivity index (χ0n) is 48.5. The molecular formula is C58H92O21. The molecule has 8 aliphatic rings. The van der Waals surface area contributed by atoms with Crippen LogP contribution in [0.2, 0.25) is 0 Å². The van der Waals surface area contributed by atoms with Crippen LogP contribution in [0.25, 0.3) is 0 Å². The predicted octanol–water partition coefficient (Wildman–Crippen LogP) is 3.83. The molecule has 8 rings (SSSR count). The molecule has 21 nitrogen and oxygen atoms in total. The van der Waals surface area contributed by atoms with Gasteiger partial charge >= 0.3 is 11.9 Å². The van der Waals surface area contributed by atoms with Crippen LogP contribution >= 0.6 is 0 Å². The molecule has 1 unspecified atom stereocenters. The third-order valence-corrected chi connectivity index (χ3v) is 20.0. The van der Waals surface area contributed by atoms with E-state index < -0.39 is 146 Å². The third-order valence-electron chi connectivity index (χ3n) is 20.0. The topological polar surface area (TPSA) is 276 Å². The summed E-state index contributed by atoms with van der Waals surface area (Å²) in [5, 5.41) is 65.7. The van der Waals surface area contributed by atoms with Crippen molar-refractivity contribution in [3.8, 4) is 0 Å². The van der Waals surface area contributed by atoms with Crippen molar-refractivity contribution < 1.29 is 102 Å². The molecule has 79 heavy (non-hydrogen) atoms. The van der Waals surface area contributed by atoms with Crippen molar-refractivity contribution in [1.82, 2.24) is 0 Å². The first kappa shape index (κ1) is 62.5. The first-order valence-corrected chi connectivity index (χ1v) is 28.7. The number of aliphatic hydroxyl groups is 6. The molecule has 450 valence electrons. The lowest BCUT2D eigenvalue weighted by atomic mass is 9.44. The number of hydrogen-bond acceptors (Lipinski definition) is 21. The van der Waals surface area contributed by atoms with Crippen LogP contribution < -0.4 is 0 Å². The molecular weight excluding hydrogens is 1030 g/mol. The number of allylic oxidation sites excluding steroid dienone is 3. The average Bonchev–Trinajstić information content (AvgIpc) is 3.60. The van der Waals surface area contributed by atoms with Crippen LogP contribution in [-0.4, -0.2) is 205 Å². The molecule has 21 heteroatoms. The van der Waals surface area contributed by atoms with E-state index in [0.717, 1.165) is 12.8 Å². The number of ether oxygens (including phenoxy) is 13. The maximum atomic E-state index is 13.7. The third kappa shape index (κ3) is 11.8. The van der Waals surface area contributed by atoms with Gasteiger partial charge in [0.15, 0.2) is 25.2 Å². The molecule has 0 bridgehead atoms. The standard InChI is InChI=1S/C58H92O21/c1-14-27(3)52(64)72-29(5)35-19-21-58(66)36-17-16-33-22-34(18-20-56(33,9)37(36)23-41(57(35,58)10)76-53(65)28(4)15-2)74-42-24-38(67-11)48(30(6)70-42)77-43-25-39(68-12)49(31(7)71-43)78-55-47(63)51(69-13)50(32(8)73-55)79-54-46(62)45(61)44(60)40(26-59)75-54/h14-16,29-32,34-51,54-55,59-63,66H,17-26H2,1-13H3/b27-14+,28-15+/t29?,30-,31-,32-,34+,35-,36-,37+,38+,39+,40-,41-,42+,43+,44-,45+,46-,47-,48+,49+,50-,51-,54+,55+,56+,57+,58+/m1/s1. The Morgan fingerprint density at radius 2 is 1.28 bits per heavy atom. The van der Waals surface area contributed by atoms with E-state index in [4.69, 9.17) is 61.6 Å². The van der Waals surface area contributed by atoms with Crippen molar-refractivity contribution in [3.05, 3.63) is 34.9 Å². The summed E-state index contributed by atoms with van der Waals surface area (Å²) in [6.45, 7) is 18.1. The van der Waals surface area contributed by atoms with Gasteiger partial charge in [0.05, 0.1) is 48.8 Å². The number of rotatable bonds is 17. The second-order valence-corrected chi connectivity index (χ2v) is 24.1. The number of hydrogen-bond donors (Lipinski definition) is 6. The van der Waals surface area contributed by atoms with E-state index in [9.17, 15) is 40.2 Å². The number of methoxy groups -OCH3 is 3. The van der Waals surface area contributed by atoms with Gasteiger partial charge in [-0.1, -0.05) is 37.6 Å². The summed E-state index contributed by atoms with van der Waals surface area (Å²) in [6, 6.07) is 0. The van der Waals surface area contributed by atoms with Gasteiger partial charge in [-0.25, -0.2) is 9.59 Å². The quantitative estimate of drug-likeness (QED) is 0.0686. The summed E-state index contributed by atoms with van der Waals surface area (Å²) in [5.41, 5.74) is -0.0544.